The van der Waals surface area contributed by atoms with Crippen molar-refractivity contribution in [1.82, 2.24) is 5.32 Å². The predicted molar refractivity (Wildman–Crippen MR) is 108 cm³/mol. The van der Waals surface area contributed by atoms with Crippen molar-refractivity contribution in [2.45, 2.75) is 46.9 Å². The average Bonchev–Trinajstić information content (AvgIpc) is 3.08. The first-order valence-electron chi connectivity index (χ1n) is 8.59. The van der Waals surface area contributed by atoms with E-state index in [1.165, 1.54) is 30.3 Å². The standard InChI is InChI=1S/C18H23NO7S3/c1-18(2,3)26-17(21)19-12-13-4-9-16(27-13)29(24,25)15-7-5-14(6-8-15)28(22,23)11-10-20/h4-9,20H,10-12H2,1-3H3,(H,19,21). The smallest absolute Gasteiger partial charge is 0.407 e. The monoisotopic (exact) mass is 461 g/mol. The summed E-state index contributed by atoms with van der Waals surface area (Å²) in [5.41, 5.74) is -0.634. The fourth-order valence-electron chi connectivity index (χ4n) is 2.25. The lowest BCUT2D eigenvalue weighted by molar-refractivity contribution is 0.0524. The number of ether oxygens (including phenoxy) is 1. The lowest BCUT2D eigenvalue weighted by Gasteiger charge is -2.19. The summed E-state index contributed by atoms with van der Waals surface area (Å²) in [7, 11) is -7.49. The molecule has 1 aromatic carbocycles. The van der Waals surface area contributed by atoms with Crippen molar-refractivity contribution in [2.24, 2.45) is 0 Å². The molecule has 0 aliphatic rings. The number of benzene rings is 1. The van der Waals surface area contributed by atoms with E-state index in [1.54, 1.807) is 26.8 Å². The summed E-state index contributed by atoms with van der Waals surface area (Å²) >= 11 is 1.00. The molecule has 0 unspecified atom stereocenters. The van der Waals surface area contributed by atoms with E-state index in [1.807, 2.05) is 0 Å². The Morgan fingerprint density at radius 2 is 1.62 bits per heavy atom. The number of amides is 1. The van der Waals surface area contributed by atoms with Gasteiger partial charge in [-0.3, -0.25) is 0 Å². The summed E-state index contributed by atoms with van der Waals surface area (Å²) in [5, 5.41) is 11.4. The molecule has 2 rings (SSSR count). The molecule has 0 aliphatic heterocycles. The van der Waals surface area contributed by atoms with Crippen LogP contribution in [0, 0.1) is 0 Å². The first-order chi connectivity index (χ1) is 13.3. The van der Waals surface area contributed by atoms with E-state index in [2.05, 4.69) is 5.32 Å². The third-order valence-corrected chi connectivity index (χ3v) is 8.62. The quantitative estimate of drug-likeness (QED) is 0.648. The molecule has 0 atom stereocenters. The number of sulfone groups is 2. The first kappa shape index (κ1) is 23.3. The fourth-order valence-corrected chi connectivity index (χ4v) is 5.98. The molecular weight excluding hydrogens is 438 g/mol. The van der Waals surface area contributed by atoms with E-state index in [9.17, 15) is 21.6 Å². The van der Waals surface area contributed by atoms with Gasteiger partial charge in [0.1, 0.15) is 9.81 Å². The number of thiophene rings is 1. The van der Waals surface area contributed by atoms with Crippen molar-refractivity contribution in [3.05, 3.63) is 41.3 Å². The van der Waals surface area contributed by atoms with Crippen LogP contribution in [0.3, 0.4) is 0 Å². The van der Waals surface area contributed by atoms with Crippen LogP contribution in [-0.2, 0) is 31.0 Å². The molecule has 2 aromatic rings. The number of carbonyl (C=O) groups excluding carboxylic acids is 1. The number of hydrogen-bond donors (Lipinski definition) is 2. The second-order valence-corrected chi connectivity index (χ2v) is 12.5. The van der Waals surface area contributed by atoms with E-state index < -0.39 is 43.7 Å². The number of carbonyl (C=O) groups is 1. The van der Waals surface area contributed by atoms with E-state index in [-0.39, 0.29) is 20.5 Å². The zero-order chi connectivity index (χ0) is 21.9. The molecule has 8 nitrogen and oxygen atoms in total. The molecule has 29 heavy (non-hydrogen) atoms. The Hall–Kier alpha value is -1.95. The molecule has 1 amide bonds. The summed E-state index contributed by atoms with van der Waals surface area (Å²) in [5.74, 6) is -0.433. The summed E-state index contributed by atoms with van der Waals surface area (Å²) in [6, 6.07) is 7.88. The second-order valence-electron chi connectivity index (χ2n) is 7.09. The molecule has 1 aromatic heterocycles. The van der Waals surface area contributed by atoms with Crippen LogP contribution < -0.4 is 5.32 Å². The van der Waals surface area contributed by atoms with Gasteiger partial charge in [-0.2, -0.15) is 0 Å². The van der Waals surface area contributed by atoms with Crippen molar-refractivity contribution in [3.8, 4) is 0 Å². The first-order valence-corrected chi connectivity index (χ1v) is 12.5. The SMILES string of the molecule is CC(C)(C)OC(=O)NCc1ccc(S(=O)(=O)c2ccc(S(=O)(=O)CCO)cc2)s1. The van der Waals surface area contributed by atoms with Crippen molar-refractivity contribution < 1.29 is 31.5 Å². The van der Waals surface area contributed by atoms with E-state index in [0.717, 1.165) is 11.3 Å². The minimum absolute atomic E-state index is 0.0473. The van der Waals surface area contributed by atoms with Crippen LogP contribution in [0.2, 0.25) is 0 Å². The highest BCUT2D eigenvalue weighted by Gasteiger charge is 2.22. The van der Waals surface area contributed by atoms with Gasteiger partial charge in [0, 0.05) is 4.88 Å². The zero-order valence-corrected chi connectivity index (χ0v) is 18.7. The Morgan fingerprint density at radius 1 is 1.03 bits per heavy atom. The van der Waals surface area contributed by atoms with E-state index in [0.29, 0.717) is 4.88 Å². The van der Waals surface area contributed by atoms with Crippen LogP contribution in [0.4, 0.5) is 4.79 Å². The molecule has 0 aliphatic carbocycles. The highest BCUT2D eigenvalue weighted by molar-refractivity contribution is 7.93. The van der Waals surface area contributed by atoms with Crippen LogP contribution in [0.25, 0.3) is 0 Å². The molecule has 11 heteroatoms. The van der Waals surface area contributed by atoms with Crippen molar-refractivity contribution in [2.75, 3.05) is 12.4 Å². The average molecular weight is 462 g/mol. The summed E-state index contributed by atoms with van der Waals surface area (Å²) in [6.45, 7) is 4.82. The van der Waals surface area contributed by atoms with Gasteiger partial charge in [-0.15, -0.1) is 11.3 Å². The van der Waals surface area contributed by atoms with Gasteiger partial charge in [-0.25, -0.2) is 21.6 Å². The Bertz CT molecular complexity index is 1060. The second kappa shape index (κ2) is 8.82. The third kappa shape index (κ3) is 6.26. The molecule has 0 radical (unpaired) electrons. The Labute approximate surface area is 174 Å². The molecule has 0 spiro atoms. The van der Waals surface area contributed by atoms with Crippen LogP contribution in [0.5, 0.6) is 0 Å². The van der Waals surface area contributed by atoms with Gasteiger partial charge >= 0.3 is 6.09 Å². The summed E-state index contributed by atoms with van der Waals surface area (Å²) in [6.07, 6.45) is -0.602. The van der Waals surface area contributed by atoms with E-state index >= 15 is 0 Å². The predicted octanol–water partition coefficient (Wildman–Crippen LogP) is 2.37. The third-order valence-electron chi connectivity index (χ3n) is 3.56. The highest BCUT2D eigenvalue weighted by atomic mass is 32.2. The summed E-state index contributed by atoms with van der Waals surface area (Å²) in [4.78, 5) is 12.2. The summed E-state index contributed by atoms with van der Waals surface area (Å²) < 4.78 is 54.6. The number of alkyl carbamates (subject to hydrolysis) is 1. The molecule has 0 fully saturated rings. The van der Waals surface area contributed by atoms with Crippen molar-refractivity contribution in [3.63, 3.8) is 0 Å². The normalized spacial score (nSPS) is 12.6. The lowest BCUT2D eigenvalue weighted by atomic mass is 10.2. The van der Waals surface area contributed by atoms with Gasteiger partial charge in [0.05, 0.1) is 28.7 Å². The van der Waals surface area contributed by atoms with Crippen molar-refractivity contribution >= 4 is 37.1 Å². The maximum atomic E-state index is 12.8. The number of nitrogens with one attached hydrogen (secondary N) is 1. The highest BCUT2D eigenvalue weighted by Crippen LogP contribution is 2.28. The molecular formula is C18H23NO7S3. The molecule has 1 heterocycles. The molecule has 160 valence electrons. The molecule has 0 bridgehead atoms. The van der Waals surface area contributed by atoms with Crippen LogP contribution in [0.15, 0.2) is 50.4 Å². The van der Waals surface area contributed by atoms with Gasteiger partial charge in [0.2, 0.25) is 9.84 Å². The van der Waals surface area contributed by atoms with Gasteiger partial charge < -0.3 is 15.2 Å². The van der Waals surface area contributed by atoms with Gasteiger partial charge in [-0.05, 0) is 57.2 Å². The minimum atomic E-state index is -3.83. The van der Waals surface area contributed by atoms with Crippen LogP contribution >= 0.6 is 11.3 Å². The molecule has 0 saturated heterocycles. The molecule has 0 saturated carbocycles. The number of rotatable bonds is 7. The Balaban J connectivity index is 2.13. The number of hydrogen-bond acceptors (Lipinski definition) is 8. The van der Waals surface area contributed by atoms with Crippen LogP contribution in [-0.4, -0.2) is 46.0 Å². The van der Waals surface area contributed by atoms with Crippen molar-refractivity contribution in [1.29, 1.82) is 0 Å². The maximum absolute atomic E-state index is 12.8. The van der Waals surface area contributed by atoms with Gasteiger partial charge in [0.25, 0.3) is 0 Å². The maximum Gasteiger partial charge on any atom is 0.407 e. The number of aliphatic hydroxyl groups excluding tert-OH is 1. The zero-order valence-electron chi connectivity index (χ0n) is 16.2. The topological polar surface area (TPSA) is 127 Å². The van der Waals surface area contributed by atoms with Crippen LogP contribution in [0.1, 0.15) is 25.6 Å². The lowest BCUT2D eigenvalue weighted by Crippen LogP contribution is -2.31. The largest absolute Gasteiger partial charge is 0.444 e. The Kier molecular flexibility index (Phi) is 7.10. The minimum Gasteiger partial charge on any atom is -0.444 e. The Morgan fingerprint density at radius 3 is 2.17 bits per heavy atom. The number of aliphatic hydroxyl groups is 1. The van der Waals surface area contributed by atoms with Gasteiger partial charge in [-0.1, -0.05) is 0 Å². The fraction of sp³-hybridized carbons (Fsp3) is 0.389. The molecule has 2 N–H and O–H groups in total. The van der Waals surface area contributed by atoms with Gasteiger partial charge in [0.15, 0.2) is 9.84 Å². The van der Waals surface area contributed by atoms with E-state index in [4.69, 9.17) is 9.84 Å².